The van der Waals surface area contributed by atoms with E-state index in [1.165, 1.54) is 0 Å². The van der Waals surface area contributed by atoms with Crippen LogP contribution in [0.25, 0.3) is 0 Å². The molecule has 0 aromatic rings. The van der Waals surface area contributed by atoms with Crippen LogP contribution in [-0.2, 0) is 9.59 Å². The van der Waals surface area contributed by atoms with Crippen molar-refractivity contribution in [3.8, 4) is 0 Å². The summed E-state index contributed by atoms with van der Waals surface area (Å²) in [5, 5.41) is 17.6. The summed E-state index contributed by atoms with van der Waals surface area (Å²) in [4.78, 5) is 17.6. The Hall–Kier alpha value is 0.000519. The monoisotopic (exact) mass is 314 g/mol. The van der Waals surface area contributed by atoms with Crippen LogP contribution in [0.15, 0.2) is 0 Å². The summed E-state index contributed by atoms with van der Waals surface area (Å²) < 4.78 is 63.1. The van der Waals surface area contributed by atoms with Gasteiger partial charge < -0.3 is 19.8 Å². The van der Waals surface area contributed by atoms with Gasteiger partial charge in [-0.2, -0.15) is 26.3 Å². The molecule has 0 atom stereocenters. The summed E-state index contributed by atoms with van der Waals surface area (Å²) in [7, 11) is 0. The molecule has 0 aliphatic carbocycles. The second-order valence-corrected chi connectivity index (χ2v) is 1.57. The fraction of sp³-hybridized carbons (Fsp3) is 0.500. The quantitative estimate of drug-likeness (QED) is 0.391. The Bertz CT molecular complexity index is 196. The van der Waals surface area contributed by atoms with Crippen molar-refractivity contribution >= 4 is 57.4 Å². The third-order valence-electron chi connectivity index (χ3n) is 0.463. The minimum atomic E-state index is -5.19. The van der Waals surface area contributed by atoms with Gasteiger partial charge in [0.25, 0.3) is 0 Å². The summed E-state index contributed by atoms with van der Waals surface area (Å²) in [6.45, 7) is 0. The van der Waals surface area contributed by atoms with Crippen LogP contribution in [0.1, 0.15) is 0 Å². The Balaban J connectivity index is -0.000000180. The largest absolute Gasteiger partial charge is 2.00 e. The molecule has 0 aliphatic heterocycles. The Morgan fingerprint density at radius 3 is 0.800 bits per heavy atom. The van der Waals surface area contributed by atoms with Crippen LogP contribution in [0.2, 0.25) is 0 Å². The second-order valence-electron chi connectivity index (χ2n) is 1.57. The van der Waals surface area contributed by atoms with E-state index in [2.05, 4.69) is 0 Å². The molecule has 0 unspecified atom stereocenters. The van der Waals surface area contributed by atoms with E-state index >= 15 is 0 Å². The molecule has 0 aromatic carbocycles. The SMILES string of the molecule is O=C([O-])C(F)(F)F.O=C([O-])C(F)(F)F.[Sr+2]. The third kappa shape index (κ3) is 14.0. The van der Waals surface area contributed by atoms with Gasteiger partial charge in [0.05, 0.1) is 0 Å². The molecule has 0 heterocycles. The normalized spacial score (nSPS) is 10.5. The van der Waals surface area contributed by atoms with E-state index in [4.69, 9.17) is 19.8 Å². The predicted octanol–water partition coefficient (Wildman–Crippen LogP) is -1.78. The molecule has 0 saturated carbocycles. The number of carboxylic acids is 2. The fourth-order valence-electron chi connectivity index (χ4n) is 0. The van der Waals surface area contributed by atoms with Crippen molar-refractivity contribution in [2.45, 2.75) is 12.4 Å². The number of hydrogen-bond acceptors (Lipinski definition) is 4. The molecule has 0 N–H and O–H groups in total. The minimum Gasteiger partial charge on any atom is -0.542 e. The topological polar surface area (TPSA) is 80.3 Å². The first-order chi connectivity index (χ1) is 5.89. The molecule has 0 rings (SSSR count). The molecule has 0 radical (unpaired) electrons. The van der Waals surface area contributed by atoms with Gasteiger partial charge in [-0.25, -0.2) is 0 Å². The molecule has 0 aromatic heterocycles. The van der Waals surface area contributed by atoms with Gasteiger partial charge in [0.1, 0.15) is 11.9 Å². The number of alkyl halides is 6. The number of carboxylic acid groups (broad SMARTS) is 2. The number of halogens is 6. The van der Waals surface area contributed by atoms with Crippen LogP contribution < -0.4 is 10.2 Å². The Labute approximate surface area is 115 Å². The standard InChI is InChI=1S/2C2HF3O2.Sr/c2*3-2(4,5)1(6)7;/h2*(H,6,7);/q;;+2/p-2. The molecule has 15 heavy (non-hydrogen) atoms. The van der Waals surface area contributed by atoms with E-state index in [1.807, 2.05) is 0 Å². The van der Waals surface area contributed by atoms with Crippen molar-refractivity contribution in [2.24, 2.45) is 0 Å². The van der Waals surface area contributed by atoms with Crippen molar-refractivity contribution in [1.29, 1.82) is 0 Å². The molecule has 4 nitrogen and oxygen atoms in total. The summed E-state index contributed by atoms with van der Waals surface area (Å²) in [6.07, 6.45) is -10.4. The molecule has 0 bridgehead atoms. The van der Waals surface area contributed by atoms with Crippen LogP contribution in [0.5, 0.6) is 0 Å². The van der Waals surface area contributed by atoms with Gasteiger partial charge in [-0.05, 0) is 0 Å². The average Bonchev–Trinajstić information content (AvgIpc) is 1.83. The maximum Gasteiger partial charge on any atom is 2.00 e. The second kappa shape index (κ2) is 7.30. The number of rotatable bonds is 0. The van der Waals surface area contributed by atoms with Crippen molar-refractivity contribution in [3.05, 3.63) is 0 Å². The van der Waals surface area contributed by atoms with Gasteiger partial charge in [-0.15, -0.1) is 0 Å². The molecular formula is C4F6O4Sr. The van der Waals surface area contributed by atoms with Gasteiger partial charge in [-0.1, -0.05) is 0 Å². The predicted molar refractivity (Wildman–Crippen MR) is 27.9 cm³/mol. The molecule has 0 aliphatic rings. The summed E-state index contributed by atoms with van der Waals surface area (Å²) >= 11 is 0. The van der Waals surface area contributed by atoms with Crippen molar-refractivity contribution < 1.29 is 46.1 Å². The van der Waals surface area contributed by atoms with Gasteiger partial charge in [0, 0.05) is 0 Å². The molecule has 0 spiro atoms. The number of hydrogen-bond donors (Lipinski definition) is 0. The van der Waals surface area contributed by atoms with Gasteiger partial charge in [0.2, 0.25) is 0 Å². The number of carbonyl (C=O) groups is 2. The molecule has 0 fully saturated rings. The van der Waals surface area contributed by atoms with Crippen LogP contribution in [0.3, 0.4) is 0 Å². The van der Waals surface area contributed by atoms with E-state index in [0.29, 0.717) is 0 Å². The van der Waals surface area contributed by atoms with Crippen molar-refractivity contribution in [1.82, 2.24) is 0 Å². The smallest absolute Gasteiger partial charge is 0.542 e. The van der Waals surface area contributed by atoms with Gasteiger partial charge >= 0.3 is 57.8 Å². The fourth-order valence-corrected chi connectivity index (χ4v) is 0. The van der Waals surface area contributed by atoms with Crippen molar-refractivity contribution in [2.75, 3.05) is 0 Å². The molecular weight excluding hydrogens is 314 g/mol. The van der Waals surface area contributed by atoms with Crippen molar-refractivity contribution in [3.63, 3.8) is 0 Å². The zero-order chi connectivity index (χ0) is 12.2. The maximum atomic E-state index is 10.5. The van der Waals surface area contributed by atoms with Gasteiger partial charge in [0.15, 0.2) is 0 Å². The Morgan fingerprint density at radius 1 is 0.733 bits per heavy atom. The van der Waals surface area contributed by atoms with E-state index < -0.39 is 24.3 Å². The summed E-state index contributed by atoms with van der Waals surface area (Å²) in [5.74, 6) is -6.01. The number of aliphatic carboxylic acids is 2. The molecule has 11 heteroatoms. The van der Waals surface area contributed by atoms with E-state index in [9.17, 15) is 26.3 Å². The number of carbonyl (C=O) groups excluding carboxylic acids is 2. The van der Waals surface area contributed by atoms with Crippen LogP contribution in [0.4, 0.5) is 26.3 Å². The first-order valence-corrected chi connectivity index (χ1v) is 2.45. The average molecular weight is 314 g/mol. The molecule has 0 amide bonds. The van der Waals surface area contributed by atoms with Gasteiger partial charge in [-0.3, -0.25) is 0 Å². The summed E-state index contributed by atoms with van der Waals surface area (Å²) in [5.41, 5.74) is 0. The van der Waals surface area contributed by atoms with Crippen LogP contribution in [-0.4, -0.2) is 69.8 Å². The Kier molecular flexibility index (Phi) is 9.94. The first kappa shape index (κ1) is 20.4. The van der Waals surface area contributed by atoms with E-state index in [1.54, 1.807) is 0 Å². The molecule has 84 valence electrons. The van der Waals surface area contributed by atoms with E-state index in [-0.39, 0.29) is 45.5 Å². The first-order valence-electron chi connectivity index (χ1n) is 2.45. The van der Waals surface area contributed by atoms with Crippen LogP contribution in [0, 0.1) is 0 Å². The minimum absolute atomic E-state index is 0. The third-order valence-corrected chi connectivity index (χ3v) is 0.463. The van der Waals surface area contributed by atoms with E-state index in [0.717, 1.165) is 0 Å². The molecule has 0 saturated heterocycles. The zero-order valence-corrected chi connectivity index (χ0v) is 10.1. The van der Waals surface area contributed by atoms with Crippen LogP contribution >= 0.6 is 0 Å². The summed E-state index contributed by atoms with van der Waals surface area (Å²) in [6, 6.07) is 0. The zero-order valence-electron chi connectivity index (χ0n) is 6.61. The maximum absolute atomic E-state index is 10.5. The Morgan fingerprint density at radius 2 is 0.800 bits per heavy atom.